The summed E-state index contributed by atoms with van der Waals surface area (Å²) in [6.45, 7) is 20.4. The van der Waals surface area contributed by atoms with Crippen LogP contribution in [0.15, 0.2) is 102 Å². The first-order valence-corrected chi connectivity index (χ1v) is 25.5. The lowest BCUT2D eigenvalue weighted by Gasteiger charge is -2.19. The summed E-state index contributed by atoms with van der Waals surface area (Å²) in [5.74, 6) is 1.28. The summed E-state index contributed by atoms with van der Waals surface area (Å²) >= 11 is 12.7. The first kappa shape index (κ1) is 57.2. The molecule has 2 atom stereocenters. The van der Waals surface area contributed by atoms with Crippen LogP contribution in [0.2, 0.25) is 10.0 Å². The van der Waals surface area contributed by atoms with E-state index in [1.807, 2.05) is 104 Å². The molecule has 0 saturated carbocycles. The Labute approximate surface area is 435 Å². The van der Waals surface area contributed by atoms with Gasteiger partial charge in [0.25, 0.3) is 11.8 Å². The Balaban J connectivity index is 0.000000267. The summed E-state index contributed by atoms with van der Waals surface area (Å²) in [7, 11) is 0. The van der Waals surface area contributed by atoms with Gasteiger partial charge in [-0.05, 0) is 140 Å². The van der Waals surface area contributed by atoms with Crippen molar-refractivity contribution < 1.29 is 30.0 Å². The first-order valence-electron chi connectivity index (χ1n) is 24.7. The van der Waals surface area contributed by atoms with Gasteiger partial charge in [0.05, 0.1) is 22.1 Å². The van der Waals surface area contributed by atoms with E-state index in [-0.39, 0.29) is 37.1 Å². The highest BCUT2D eigenvalue weighted by Gasteiger charge is 2.25. The standard InChI is InChI=1S/C29H38ClN3O3.C28H35ClN4O3/c1-6-33-18-26(32-28(33)29(4,5)36)21-9-7-20(8-10-21)16-24(13-14-34)31-27(35)23-12-11-22(15-19(2)3)25(30)17-23;1-6-33-17-25(32-27(33)28(4,5)36)20-9-7-19(8-10-20)15-22(13-14-34)31-26(35)21-11-12-24(23(29)16-21)30-18(2)3/h7-12,17-19,24,34,36H,6,13-16H2,1-5H3,(H,31,35);7-12,16-17,22,34,36H,6,13-15H2,1-5H3,(H,31,35)/t24-;22-/m11/s1. The number of aliphatic imine (C=N–C) groups is 1. The highest BCUT2D eigenvalue weighted by Crippen LogP contribution is 2.29. The molecule has 0 aliphatic heterocycles. The number of benzene rings is 4. The minimum absolute atomic E-state index is 0.0225. The van der Waals surface area contributed by atoms with Crippen molar-refractivity contribution in [3.05, 3.63) is 147 Å². The smallest absolute Gasteiger partial charge is 0.251 e. The van der Waals surface area contributed by atoms with Gasteiger partial charge in [-0.25, -0.2) is 9.97 Å². The van der Waals surface area contributed by atoms with Crippen LogP contribution in [0.4, 0.5) is 5.69 Å². The van der Waals surface area contributed by atoms with Gasteiger partial charge in [0, 0.05) is 83.8 Å². The van der Waals surface area contributed by atoms with Gasteiger partial charge in [-0.2, -0.15) is 0 Å². The van der Waals surface area contributed by atoms with Crippen molar-refractivity contribution in [2.45, 2.75) is 138 Å². The van der Waals surface area contributed by atoms with Crippen LogP contribution in [0.3, 0.4) is 0 Å². The van der Waals surface area contributed by atoms with Gasteiger partial charge in [0.2, 0.25) is 0 Å². The van der Waals surface area contributed by atoms with E-state index in [4.69, 9.17) is 23.2 Å². The van der Waals surface area contributed by atoms with E-state index in [2.05, 4.69) is 39.4 Å². The fourth-order valence-corrected chi connectivity index (χ4v) is 8.81. The van der Waals surface area contributed by atoms with E-state index < -0.39 is 11.2 Å². The minimum atomic E-state index is -1.03. The summed E-state index contributed by atoms with van der Waals surface area (Å²) in [6.07, 6.45) is 6.79. The first-order chi connectivity index (χ1) is 34.0. The van der Waals surface area contributed by atoms with Gasteiger partial charge < -0.3 is 40.2 Å². The lowest BCUT2D eigenvalue weighted by Crippen LogP contribution is -2.37. The number of nitrogens with zero attached hydrogens (tertiary/aromatic N) is 5. The maximum Gasteiger partial charge on any atom is 0.251 e. The largest absolute Gasteiger partial charge is 0.396 e. The zero-order valence-corrected chi connectivity index (χ0v) is 44.9. The predicted octanol–water partition coefficient (Wildman–Crippen LogP) is 10.7. The number of hydrogen-bond donors (Lipinski definition) is 6. The van der Waals surface area contributed by atoms with Crippen LogP contribution in [0, 0.1) is 5.92 Å². The summed E-state index contributed by atoms with van der Waals surface area (Å²) < 4.78 is 3.91. The van der Waals surface area contributed by atoms with E-state index in [1.165, 1.54) is 0 Å². The SMILES string of the molecule is CCn1cc(-c2ccc(C[C@@H](CCO)NC(=O)c3ccc(CC(C)C)c(Cl)c3)cc2)nc1C(C)(C)O.CCn1cc(-c2ccc(C[C@@H](CCO)NC(=O)c3ccc(N=C(C)C)c(Cl)c3)cc2)nc1C(C)(C)O. The van der Waals surface area contributed by atoms with E-state index in [1.54, 1.807) is 58.0 Å². The molecule has 6 rings (SSSR count). The second-order valence-electron chi connectivity index (χ2n) is 19.9. The number of carbonyl (C=O) groups is 2. The summed E-state index contributed by atoms with van der Waals surface area (Å²) in [6, 6.07) is 26.0. The number of aromatic nitrogens is 4. The highest BCUT2D eigenvalue weighted by molar-refractivity contribution is 6.33. The van der Waals surface area contributed by atoms with Crippen molar-refractivity contribution in [2.24, 2.45) is 10.9 Å². The van der Waals surface area contributed by atoms with Crippen LogP contribution in [-0.4, -0.2) is 82.4 Å². The number of hydrogen-bond acceptors (Lipinski definition) is 9. The van der Waals surface area contributed by atoms with Gasteiger partial charge in [-0.1, -0.05) is 91.6 Å². The lowest BCUT2D eigenvalue weighted by molar-refractivity contribution is 0.0645. The molecule has 2 aromatic heterocycles. The Morgan fingerprint density at radius 3 is 1.39 bits per heavy atom. The molecule has 13 nitrogen and oxygen atoms in total. The molecule has 386 valence electrons. The Bertz CT molecular complexity index is 2760. The van der Waals surface area contributed by atoms with Gasteiger partial charge in [-0.3, -0.25) is 14.6 Å². The Hall–Kier alpha value is -5.67. The number of aliphatic hydroxyl groups is 4. The normalized spacial score (nSPS) is 12.5. The Kier molecular flexibility index (Phi) is 20.5. The van der Waals surface area contributed by atoms with Crippen LogP contribution in [0.5, 0.6) is 0 Å². The maximum atomic E-state index is 12.9. The van der Waals surface area contributed by atoms with Crippen LogP contribution < -0.4 is 10.6 Å². The number of nitrogens with one attached hydrogen (secondary N) is 2. The topological polar surface area (TPSA) is 187 Å². The molecule has 0 fully saturated rings. The van der Waals surface area contributed by atoms with Gasteiger partial charge in [0.15, 0.2) is 0 Å². The van der Waals surface area contributed by atoms with Crippen LogP contribution in [0.25, 0.3) is 22.5 Å². The van der Waals surface area contributed by atoms with E-state index in [0.29, 0.717) is 76.7 Å². The molecule has 4 aromatic carbocycles. The van der Waals surface area contributed by atoms with E-state index in [0.717, 1.165) is 57.9 Å². The zero-order chi connectivity index (χ0) is 52.9. The highest BCUT2D eigenvalue weighted by atomic mass is 35.5. The number of carbonyl (C=O) groups excluding carboxylic acids is 2. The number of aliphatic hydroxyl groups excluding tert-OH is 2. The molecule has 0 bridgehead atoms. The molecule has 0 saturated heterocycles. The molecule has 2 amide bonds. The third-order valence-corrected chi connectivity index (χ3v) is 12.6. The molecular formula is C57H73Cl2N7O6. The second-order valence-corrected chi connectivity index (χ2v) is 20.7. The molecule has 0 radical (unpaired) electrons. The molecule has 0 aliphatic rings. The molecule has 0 unspecified atom stereocenters. The van der Waals surface area contributed by atoms with Crippen molar-refractivity contribution in [2.75, 3.05) is 13.2 Å². The quantitative estimate of drug-likeness (QED) is 0.0384. The van der Waals surface area contributed by atoms with Gasteiger partial charge in [0.1, 0.15) is 22.9 Å². The van der Waals surface area contributed by atoms with Crippen molar-refractivity contribution >= 4 is 46.4 Å². The monoisotopic (exact) mass is 1020 g/mol. The fourth-order valence-electron chi connectivity index (χ4n) is 8.33. The minimum Gasteiger partial charge on any atom is -0.396 e. The van der Waals surface area contributed by atoms with Gasteiger partial charge >= 0.3 is 0 Å². The molecule has 0 spiro atoms. The van der Waals surface area contributed by atoms with Crippen molar-refractivity contribution in [3.63, 3.8) is 0 Å². The zero-order valence-electron chi connectivity index (χ0n) is 43.4. The summed E-state index contributed by atoms with van der Waals surface area (Å²) in [5, 5.41) is 47.1. The lowest BCUT2D eigenvalue weighted by atomic mass is 10.00. The summed E-state index contributed by atoms with van der Waals surface area (Å²) in [4.78, 5) is 39.4. The Morgan fingerprint density at radius 2 is 1.06 bits per heavy atom. The average molecular weight is 1020 g/mol. The van der Waals surface area contributed by atoms with Crippen LogP contribution in [0.1, 0.15) is 131 Å². The summed E-state index contributed by atoms with van der Waals surface area (Å²) in [5.41, 5.74) is 7.00. The number of amides is 2. The maximum absolute atomic E-state index is 12.9. The molecule has 0 aliphatic carbocycles. The molecule has 2 heterocycles. The predicted molar refractivity (Wildman–Crippen MR) is 290 cm³/mol. The average Bonchev–Trinajstić information content (AvgIpc) is 3.97. The number of aryl methyl sites for hydroxylation is 2. The van der Waals surface area contributed by atoms with E-state index in [9.17, 15) is 30.0 Å². The van der Waals surface area contributed by atoms with Crippen LogP contribution >= 0.6 is 23.2 Å². The third kappa shape index (κ3) is 16.2. The Morgan fingerprint density at radius 1 is 0.639 bits per heavy atom. The van der Waals surface area contributed by atoms with Crippen molar-refractivity contribution in [1.29, 1.82) is 0 Å². The molecule has 72 heavy (non-hydrogen) atoms. The molecule has 15 heteroatoms. The fraction of sp³-hybridized carbons (Fsp3) is 0.421. The third-order valence-electron chi connectivity index (χ3n) is 11.9. The van der Waals surface area contributed by atoms with E-state index >= 15 is 0 Å². The molecule has 6 aromatic rings. The van der Waals surface area contributed by atoms with Crippen LogP contribution in [-0.2, 0) is 43.6 Å². The van der Waals surface area contributed by atoms with Crippen molar-refractivity contribution in [1.82, 2.24) is 29.7 Å². The van der Waals surface area contributed by atoms with Gasteiger partial charge in [-0.15, -0.1) is 0 Å². The second kappa shape index (κ2) is 25.8. The molecule has 6 N–H and O–H groups in total. The van der Waals surface area contributed by atoms with Crippen molar-refractivity contribution in [3.8, 4) is 22.5 Å². The number of rotatable bonds is 21. The molecular weight excluding hydrogens is 950 g/mol. The number of halogens is 2. The number of imidazole rings is 2.